The lowest BCUT2D eigenvalue weighted by Crippen LogP contribution is -2.36. The Morgan fingerprint density at radius 2 is 1.48 bits per heavy atom. The van der Waals surface area contributed by atoms with E-state index in [9.17, 15) is 14.4 Å². The van der Waals surface area contributed by atoms with Crippen molar-refractivity contribution in [1.82, 2.24) is 10.6 Å². The van der Waals surface area contributed by atoms with Gasteiger partial charge >= 0.3 is 6.03 Å². The Bertz CT molecular complexity index is 870. The van der Waals surface area contributed by atoms with Crippen molar-refractivity contribution in [3.05, 3.63) is 59.7 Å². The fourth-order valence-electron chi connectivity index (χ4n) is 2.38. The van der Waals surface area contributed by atoms with Crippen LogP contribution in [0.2, 0.25) is 0 Å². The molecule has 0 bridgehead atoms. The van der Waals surface area contributed by atoms with Crippen molar-refractivity contribution in [3.63, 3.8) is 0 Å². The van der Waals surface area contributed by atoms with Gasteiger partial charge in [-0.1, -0.05) is 32.9 Å². The topological polar surface area (TPSA) is 99.3 Å². The zero-order chi connectivity index (χ0) is 21.4. The molecule has 0 heterocycles. The molecule has 0 aliphatic heterocycles. The third-order valence-electron chi connectivity index (χ3n) is 4.06. The van der Waals surface area contributed by atoms with Gasteiger partial charge in [0.2, 0.25) is 5.91 Å². The van der Waals surface area contributed by atoms with Gasteiger partial charge in [-0.25, -0.2) is 4.79 Å². The molecule has 7 nitrogen and oxygen atoms in total. The van der Waals surface area contributed by atoms with Gasteiger partial charge in [0.15, 0.2) is 0 Å². The monoisotopic (exact) mass is 396 g/mol. The van der Waals surface area contributed by atoms with E-state index in [0.29, 0.717) is 30.0 Å². The highest BCUT2D eigenvalue weighted by Gasteiger charge is 2.21. The van der Waals surface area contributed by atoms with Crippen LogP contribution in [0.1, 0.15) is 36.7 Å². The fourth-order valence-corrected chi connectivity index (χ4v) is 2.38. The molecule has 0 spiro atoms. The molecule has 0 fully saturated rings. The first-order valence-corrected chi connectivity index (χ1v) is 9.46. The number of amides is 4. The van der Waals surface area contributed by atoms with E-state index in [1.54, 1.807) is 24.3 Å². The number of carbonyl (C=O) groups excluding carboxylic acids is 3. The maximum absolute atomic E-state index is 12.2. The average Bonchev–Trinajstić information content (AvgIpc) is 2.65. The smallest absolute Gasteiger partial charge is 0.319 e. The van der Waals surface area contributed by atoms with Gasteiger partial charge in [0, 0.05) is 35.4 Å². The van der Waals surface area contributed by atoms with E-state index in [1.807, 2.05) is 52.0 Å². The number of rotatable bonds is 6. The van der Waals surface area contributed by atoms with Crippen LogP contribution in [0, 0.1) is 12.3 Å². The molecular weight excluding hydrogens is 368 g/mol. The maximum atomic E-state index is 12.2. The summed E-state index contributed by atoms with van der Waals surface area (Å²) in [5.41, 5.74) is 2.39. The summed E-state index contributed by atoms with van der Waals surface area (Å²) in [7, 11) is 0. The van der Waals surface area contributed by atoms with E-state index < -0.39 is 5.41 Å². The van der Waals surface area contributed by atoms with E-state index in [-0.39, 0.29) is 17.8 Å². The molecule has 0 unspecified atom stereocenters. The normalized spacial score (nSPS) is 10.8. The molecule has 0 saturated carbocycles. The number of hydrogen-bond donors (Lipinski definition) is 4. The number of aryl methyl sites for hydroxylation is 1. The van der Waals surface area contributed by atoms with Crippen LogP contribution in [0.5, 0.6) is 0 Å². The number of urea groups is 1. The van der Waals surface area contributed by atoms with Crippen molar-refractivity contribution in [3.8, 4) is 0 Å². The number of nitrogens with one attached hydrogen (secondary N) is 4. The Hall–Kier alpha value is -3.35. The molecule has 154 valence electrons. The fraction of sp³-hybridized carbons (Fsp3) is 0.318. The predicted octanol–water partition coefficient (Wildman–Crippen LogP) is 3.53. The largest absolute Gasteiger partial charge is 0.350 e. The Morgan fingerprint density at radius 3 is 2.10 bits per heavy atom. The van der Waals surface area contributed by atoms with Crippen molar-refractivity contribution in [2.75, 3.05) is 23.7 Å². The molecular formula is C22H28N4O3. The molecule has 7 heteroatoms. The van der Waals surface area contributed by atoms with Crippen LogP contribution in [0.15, 0.2) is 48.5 Å². The first kappa shape index (κ1) is 21.9. The SMILES string of the molecule is Cc1cccc(NC(=O)NCCNC(=O)c2ccc(NC(=O)C(C)(C)C)cc2)c1. The van der Waals surface area contributed by atoms with Gasteiger partial charge in [0.05, 0.1) is 0 Å². The summed E-state index contributed by atoms with van der Waals surface area (Å²) in [5, 5.41) is 11.0. The number of hydrogen-bond acceptors (Lipinski definition) is 3. The van der Waals surface area contributed by atoms with E-state index in [0.717, 1.165) is 5.56 Å². The lowest BCUT2D eigenvalue weighted by molar-refractivity contribution is -0.123. The third kappa shape index (κ3) is 7.29. The van der Waals surface area contributed by atoms with Crippen molar-refractivity contribution in [2.24, 2.45) is 5.41 Å². The van der Waals surface area contributed by atoms with Crippen LogP contribution < -0.4 is 21.3 Å². The highest BCUT2D eigenvalue weighted by molar-refractivity contribution is 5.97. The third-order valence-corrected chi connectivity index (χ3v) is 4.06. The average molecular weight is 396 g/mol. The Morgan fingerprint density at radius 1 is 0.828 bits per heavy atom. The summed E-state index contributed by atoms with van der Waals surface area (Å²) < 4.78 is 0. The molecule has 2 aromatic rings. The number of benzene rings is 2. The number of anilines is 2. The quantitative estimate of drug-likeness (QED) is 0.562. The lowest BCUT2D eigenvalue weighted by Gasteiger charge is -2.17. The van der Waals surface area contributed by atoms with E-state index >= 15 is 0 Å². The van der Waals surface area contributed by atoms with Gasteiger partial charge in [-0.15, -0.1) is 0 Å². The zero-order valence-electron chi connectivity index (χ0n) is 17.3. The van der Waals surface area contributed by atoms with Gasteiger partial charge < -0.3 is 21.3 Å². The zero-order valence-corrected chi connectivity index (χ0v) is 17.3. The molecule has 2 rings (SSSR count). The van der Waals surface area contributed by atoms with E-state index in [4.69, 9.17) is 0 Å². The minimum atomic E-state index is -0.491. The van der Waals surface area contributed by atoms with Crippen molar-refractivity contribution < 1.29 is 14.4 Å². The molecule has 0 aliphatic carbocycles. The summed E-state index contributed by atoms with van der Waals surface area (Å²) in [6, 6.07) is 13.8. The van der Waals surface area contributed by atoms with Gasteiger partial charge in [0.25, 0.3) is 5.91 Å². The standard InChI is InChI=1S/C22H28N4O3/c1-15-6-5-7-18(14-15)26-21(29)24-13-12-23-19(27)16-8-10-17(11-9-16)25-20(28)22(2,3)4/h5-11,14H,12-13H2,1-4H3,(H,23,27)(H,25,28)(H2,24,26,29). The first-order valence-electron chi connectivity index (χ1n) is 9.46. The molecule has 0 aliphatic rings. The minimum absolute atomic E-state index is 0.0929. The van der Waals surface area contributed by atoms with Crippen molar-refractivity contribution in [1.29, 1.82) is 0 Å². The summed E-state index contributed by atoms with van der Waals surface area (Å²) in [6.45, 7) is 8.04. The lowest BCUT2D eigenvalue weighted by atomic mass is 9.95. The van der Waals surface area contributed by atoms with Gasteiger partial charge in [-0.05, 0) is 48.9 Å². The van der Waals surface area contributed by atoms with Gasteiger partial charge in [0.1, 0.15) is 0 Å². The van der Waals surface area contributed by atoms with E-state index in [1.165, 1.54) is 0 Å². The Labute approximate surface area is 171 Å². The predicted molar refractivity (Wildman–Crippen MR) is 115 cm³/mol. The second-order valence-electron chi connectivity index (χ2n) is 7.79. The minimum Gasteiger partial charge on any atom is -0.350 e. The van der Waals surface area contributed by atoms with Crippen LogP contribution in [0.4, 0.5) is 16.2 Å². The molecule has 4 amide bonds. The second kappa shape index (κ2) is 9.73. The summed E-state index contributed by atoms with van der Waals surface area (Å²) in [5.74, 6) is -0.343. The Kier molecular flexibility index (Phi) is 7.36. The van der Waals surface area contributed by atoms with Crippen LogP contribution >= 0.6 is 0 Å². The molecule has 4 N–H and O–H groups in total. The summed E-state index contributed by atoms with van der Waals surface area (Å²) in [4.78, 5) is 36.0. The molecule has 0 atom stereocenters. The molecule has 2 aromatic carbocycles. The van der Waals surface area contributed by atoms with Crippen molar-refractivity contribution in [2.45, 2.75) is 27.7 Å². The Balaban J connectivity index is 1.73. The highest BCUT2D eigenvalue weighted by Crippen LogP contribution is 2.17. The van der Waals surface area contributed by atoms with Crippen LogP contribution in [-0.4, -0.2) is 30.9 Å². The van der Waals surface area contributed by atoms with Crippen LogP contribution in [0.3, 0.4) is 0 Å². The second-order valence-corrected chi connectivity index (χ2v) is 7.79. The maximum Gasteiger partial charge on any atom is 0.319 e. The first-order chi connectivity index (χ1) is 13.6. The van der Waals surface area contributed by atoms with Crippen LogP contribution in [0.25, 0.3) is 0 Å². The highest BCUT2D eigenvalue weighted by atomic mass is 16.2. The van der Waals surface area contributed by atoms with Crippen LogP contribution in [-0.2, 0) is 4.79 Å². The van der Waals surface area contributed by atoms with Gasteiger partial charge in [-0.2, -0.15) is 0 Å². The number of carbonyl (C=O) groups is 3. The summed E-state index contributed by atoms with van der Waals surface area (Å²) in [6.07, 6.45) is 0. The summed E-state index contributed by atoms with van der Waals surface area (Å²) >= 11 is 0. The van der Waals surface area contributed by atoms with E-state index in [2.05, 4.69) is 21.3 Å². The molecule has 0 radical (unpaired) electrons. The molecule has 0 saturated heterocycles. The van der Waals surface area contributed by atoms with Crippen molar-refractivity contribution >= 4 is 29.2 Å². The molecule has 29 heavy (non-hydrogen) atoms. The molecule has 0 aromatic heterocycles. The van der Waals surface area contributed by atoms with Gasteiger partial charge in [-0.3, -0.25) is 9.59 Å².